The summed E-state index contributed by atoms with van der Waals surface area (Å²) < 4.78 is 5.18. The number of piperazine rings is 1. The minimum Gasteiger partial charge on any atom is -0.383 e. The van der Waals surface area contributed by atoms with E-state index in [1.807, 2.05) is 6.92 Å². The first-order chi connectivity index (χ1) is 9.77. The molecular formula is C16H30N2O3. The number of hydrogen-bond donors (Lipinski definition) is 1. The van der Waals surface area contributed by atoms with Gasteiger partial charge in [0.1, 0.15) is 12.1 Å². The van der Waals surface area contributed by atoms with Crippen LogP contribution in [0, 0.1) is 11.8 Å². The molecular weight excluding hydrogens is 268 g/mol. The van der Waals surface area contributed by atoms with Crippen molar-refractivity contribution in [3.8, 4) is 0 Å². The van der Waals surface area contributed by atoms with Crippen LogP contribution in [-0.4, -0.2) is 48.6 Å². The van der Waals surface area contributed by atoms with Gasteiger partial charge in [0, 0.05) is 7.11 Å². The van der Waals surface area contributed by atoms with Crippen molar-refractivity contribution in [1.29, 1.82) is 0 Å². The Hall–Kier alpha value is -1.10. The lowest BCUT2D eigenvalue weighted by Gasteiger charge is -2.43. The van der Waals surface area contributed by atoms with Gasteiger partial charge >= 0.3 is 0 Å². The zero-order valence-corrected chi connectivity index (χ0v) is 14.2. The average Bonchev–Trinajstić information content (AvgIpc) is 2.34. The molecule has 5 heteroatoms. The molecule has 1 saturated heterocycles. The number of rotatable bonds is 7. The van der Waals surface area contributed by atoms with Gasteiger partial charge in [-0.1, -0.05) is 27.7 Å². The molecule has 0 radical (unpaired) electrons. The van der Waals surface area contributed by atoms with Crippen LogP contribution in [0.15, 0.2) is 0 Å². The van der Waals surface area contributed by atoms with Gasteiger partial charge in [-0.3, -0.25) is 9.59 Å². The van der Waals surface area contributed by atoms with Gasteiger partial charge in [0.25, 0.3) is 0 Å². The first-order valence-corrected chi connectivity index (χ1v) is 7.89. The van der Waals surface area contributed by atoms with Crippen LogP contribution in [0.3, 0.4) is 0 Å². The predicted molar refractivity (Wildman–Crippen MR) is 82.8 cm³/mol. The van der Waals surface area contributed by atoms with Gasteiger partial charge in [0.05, 0.1) is 12.6 Å². The van der Waals surface area contributed by atoms with Gasteiger partial charge in [-0.05, 0) is 31.6 Å². The summed E-state index contributed by atoms with van der Waals surface area (Å²) in [5, 5.41) is 2.91. The third kappa shape index (κ3) is 4.70. The molecule has 1 aliphatic rings. The Morgan fingerprint density at radius 2 is 1.67 bits per heavy atom. The Morgan fingerprint density at radius 1 is 1.10 bits per heavy atom. The SMILES string of the molecule is COCC(C)N1C(=O)C(CC(C)C)NC(=O)C1CC(C)C. The highest BCUT2D eigenvalue weighted by atomic mass is 16.5. The number of nitrogens with zero attached hydrogens (tertiary/aromatic N) is 1. The van der Waals surface area contributed by atoms with Gasteiger partial charge in [-0.25, -0.2) is 0 Å². The van der Waals surface area contributed by atoms with E-state index in [4.69, 9.17) is 4.74 Å². The van der Waals surface area contributed by atoms with E-state index in [-0.39, 0.29) is 23.9 Å². The van der Waals surface area contributed by atoms with Crippen molar-refractivity contribution >= 4 is 11.8 Å². The summed E-state index contributed by atoms with van der Waals surface area (Å²) in [4.78, 5) is 27.0. The van der Waals surface area contributed by atoms with Gasteiger partial charge in [0.15, 0.2) is 0 Å². The largest absolute Gasteiger partial charge is 0.383 e. The molecule has 0 saturated carbocycles. The number of hydrogen-bond acceptors (Lipinski definition) is 3. The maximum atomic E-state index is 12.8. The molecule has 0 aromatic heterocycles. The van der Waals surface area contributed by atoms with Gasteiger partial charge in [-0.15, -0.1) is 0 Å². The molecule has 0 aromatic carbocycles. The number of amides is 2. The molecule has 5 nitrogen and oxygen atoms in total. The Kier molecular flexibility index (Phi) is 6.65. The van der Waals surface area contributed by atoms with E-state index in [9.17, 15) is 9.59 Å². The third-order valence-electron chi connectivity index (χ3n) is 3.79. The molecule has 21 heavy (non-hydrogen) atoms. The van der Waals surface area contributed by atoms with E-state index in [0.717, 1.165) is 0 Å². The molecule has 3 unspecified atom stereocenters. The number of carbonyl (C=O) groups is 2. The van der Waals surface area contributed by atoms with Gasteiger partial charge in [0.2, 0.25) is 11.8 Å². The molecule has 0 aliphatic carbocycles. The van der Waals surface area contributed by atoms with Crippen molar-refractivity contribution in [3.05, 3.63) is 0 Å². The average molecular weight is 298 g/mol. The van der Waals surface area contributed by atoms with Crippen LogP contribution in [0.25, 0.3) is 0 Å². The van der Waals surface area contributed by atoms with E-state index >= 15 is 0 Å². The molecule has 1 heterocycles. The van der Waals surface area contributed by atoms with Crippen LogP contribution in [0.1, 0.15) is 47.5 Å². The molecule has 122 valence electrons. The quantitative estimate of drug-likeness (QED) is 0.780. The minimum atomic E-state index is -0.403. The lowest BCUT2D eigenvalue weighted by molar-refractivity contribution is -0.154. The number of methoxy groups -OCH3 is 1. The summed E-state index contributed by atoms with van der Waals surface area (Å²) in [5.41, 5.74) is 0. The van der Waals surface area contributed by atoms with Crippen LogP contribution in [0.4, 0.5) is 0 Å². The molecule has 1 N–H and O–H groups in total. The van der Waals surface area contributed by atoms with Gasteiger partial charge < -0.3 is 15.0 Å². The summed E-state index contributed by atoms with van der Waals surface area (Å²) >= 11 is 0. The second-order valence-electron chi connectivity index (χ2n) is 6.89. The fraction of sp³-hybridized carbons (Fsp3) is 0.875. The highest BCUT2D eigenvalue weighted by Gasteiger charge is 2.42. The smallest absolute Gasteiger partial charge is 0.246 e. The number of carbonyl (C=O) groups excluding carboxylic acids is 2. The molecule has 1 fully saturated rings. The van der Waals surface area contributed by atoms with E-state index < -0.39 is 6.04 Å². The summed E-state index contributed by atoms with van der Waals surface area (Å²) in [7, 11) is 1.62. The van der Waals surface area contributed by atoms with Crippen molar-refractivity contribution in [1.82, 2.24) is 10.2 Å². The minimum absolute atomic E-state index is 0.0264. The first kappa shape index (κ1) is 18.0. The van der Waals surface area contributed by atoms with Crippen molar-refractivity contribution in [2.24, 2.45) is 11.8 Å². The van der Waals surface area contributed by atoms with Gasteiger partial charge in [-0.2, -0.15) is 0 Å². The maximum absolute atomic E-state index is 12.8. The number of ether oxygens (including phenoxy) is 1. The van der Waals surface area contributed by atoms with Crippen molar-refractivity contribution in [2.75, 3.05) is 13.7 Å². The lowest BCUT2D eigenvalue weighted by atomic mass is 9.93. The zero-order chi connectivity index (χ0) is 16.2. The second kappa shape index (κ2) is 7.78. The Morgan fingerprint density at radius 3 is 2.14 bits per heavy atom. The normalized spacial score (nSPS) is 24.7. The molecule has 1 rings (SSSR count). The highest BCUT2D eigenvalue weighted by molar-refractivity contribution is 5.97. The lowest BCUT2D eigenvalue weighted by Crippen LogP contribution is -2.66. The highest BCUT2D eigenvalue weighted by Crippen LogP contribution is 2.22. The third-order valence-corrected chi connectivity index (χ3v) is 3.79. The van der Waals surface area contributed by atoms with Crippen LogP contribution >= 0.6 is 0 Å². The molecule has 1 aliphatic heterocycles. The summed E-state index contributed by atoms with van der Waals surface area (Å²) in [6.07, 6.45) is 1.36. The van der Waals surface area contributed by atoms with E-state index in [2.05, 4.69) is 33.0 Å². The Bertz CT molecular complexity index is 369. The Labute approximate surface area is 128 Å². The van der Waals surface area contributed by atoms with Crippen LogP contribution in [0.5, 0.6) is 0 Å². The maximum Gasteiger partial charge on any atom is 0.246 e. The molecule has 0 aromatic rings. The van der Waals surface area contributed by atoms with Crippen molar-refractivity contribution in [3.63, 3.8) is 0 Å². The van der Waals surface area contributed by atoms with E-state index in [0.29, 0.717) is 31.3 Å². The standard InChI is InChI=1S/C16H30N2O3/c1-10(2)7-13-16(20)18(12(5)9-21-6)14(8-11(3)4)15(19)17-13/h10-14H,7-9H2,1-6H3,(H,17,19). The molecule has 0 bridgehead atoms. The van der Waals surface area contributed by atoms with Crippen molar-refractivity contribution in [2.45, 2.75) is 65.6 Å². The van der Waals surface area contributed by atoms with E-state index in [1.54, 1.807) is 12.0 Å². The second-order valence-corrected chi connectivity index (χ2v) is 6.89. The fourth-order valence-corrected chi connectivity index (χ4v) is 2.93. The topological polar surface area (TPSA) is 58.6 Å². The summed E-state index contributed by atoms with van der Waals surface area (Å²) in [5.74, 6) is 0.711. The molecule has 3 atom stereocenters. The first-order valence-electron chi connectivity index (χ1n) is 7.89. The van der Waals surface area contributed by atoms with Crippen molar-refractivity contribution < 1.29 is 14.3 Å². The Balaban J connectivity index is 2.98. The fourth-order valence-electron chi connectivity index (χ4n) is 2.93. The summed E-state index contributed by atoms with van der Waals surface area (Å²) in [6.45, 7) is 10.6. The summed E-state index contributed by atoms with van der Waals surface area (Å²) in [6, 6.07) is -0.877. The molecule has 2 amide bonds. The van der Waals surface area contributed by atoms with E-state index in [1.165, 1.54) is 0 Å². The van der Waals surface area contributed by atoms with Crippen LogP contribution in [-0.2, 0) is 14.3 Å². The monoisotopic (exact) mass is 298 g/mol. The van der Waals surface area contributed by atoms with Crippen LogP contribution in [0.2, 0.25) is 0 Å². The molecule has 0 spiro atoms. The zero-order valence-electron chi connectivity index (χ0n) is 14.2. The number of nitrogens with one attached hydrogen (secondary N) is 1. The predicted octanol–water partition coefficient (Wildman–Crippen LogP) is 1.81. The van der Waals surface area contributed by atoms with Crippen LogP contribution < -0.4 is 5.32 Å².